The molecule has 0 radical (unpaired) electrons. The van der Waals surface area contributed by atoms with E-state index in [-0.39, 0.29) is 6.04 Å². The van der Waals surface area contributed by atoms with Crippen LogP contribution in [0, 0.1) is 5.92 Å². The fourth-order valence-corrected chi connectivity index (χ4v) is 1.41. The number of carboxylic acid groups (broad SMARTS) is 1. The van der Waals surface area contributed by atoms with E-state index in [1.165, 1.54) is 0 Å². The molecule has 0 rings (SSSR count). The van der Waals surface area contributed by atoms with Gasteiger partial charge in [0.15, 0.2) is 0 Å². The minimum absolute atomic E-state index is 0.225. The van der Waals surface area contributed by atoms with Gasteiger partial charge in [0, 0.05) is 6.04 Å². The molecular formula is C11H23NO2. The molecule has 0 saturated carbocycles. The second-order valence-electron chi connectivity index (χ2n) is 4.56. The maximum absolute atomic E-state index is 11.1. The average molecular weight is 201 g/mol. The first-order valence-corrected chi connectivity index (χ1v) is 5.34. The molecule has 0 aromatic rings. The van der Waals surface area contributed by atoms with E-state index in [2.05, 4.69) is 19.2 Å². The molecule has 3 nitrogen and oxygen atoms in total. The largest absolute Gasteiger partial charge is 0.480 e. The van der Waals surface area contributed by atoms with Gasteiger partial charge in [-0.05, 0) is 26.2 Å². The van der Waals surface area contributed by atoms with Crippen LogP contribution in [-0.2, 0) is 4.79 Å². The molecule has 0 spiro atoms. The van der Waals surface area contributed by atoms with E-state index in [0.717, 1.165) is 6.42 Å². The van der Waals surface area contributed by atoms with Crippen LogP contribution in [-0.4, -0.2) is 22.7 Å². The summed E-state index contributed by atoms with van der Waals surface area (Å²) in [5, 5.41) is 12.3. The molecule has 0 fully saturated rings. The molecule has 14 heavy (non-hydrogen) atoms. The standard InChI is InChI=1S/C11H23NO2/c1-6-7-11(5,10(13)14)12-9(4)8(2)3/h8-9,12H,6-7H2,1-5H3,(H,13,14). The molecule has 3 heteroatoms. The van der Waals surface area contributed by atoms with Gasteiger partial charge in [-0.2, -0.15) is 0 Å². The third kappa shape index (κ3) is 3.66. The van der Waals surface area contributed by atoms with Gasteiger partial charge in [-0.25, -0.2) is 0 Å². The van der Waals surface area contributed by atoms with Crippen LogP contribution >= 0.6 is 0 Å². The lowest BCUT2D eigenvalue weighted by molar-refractivity contribution is -0.145. The van der Waals surface area contributed by atoms with Crippen LogP contribution in [0.3, 0.4) is 0 Å². The molecule has 0 bridgehead atoms. The maximum Gasteiger partial charge on any atom is 0.323 e. The summed E-state index contributed by atoms with van der Waals surface area (Å²) in [6.45, 7) is 9.97. The molecule has 0 aromatic carbocycles. The quantitative estimate of drug-likeness (QED) is 0.693. The predicted molar refractivity (Wildman–Crippen MR) is 58.4 cm³/mol. The Morgan fingerprint density at radius 3 is 2.21 bits per heavy atom. The van der Waals surface area contributed by atoms with Crippen molar-refractivity contribution in [3.63, 3.8) is 0 Å². The van der Waals surface area contributed by atoms with Crippen molar-refractivity contribution in [2.45, 2.75) is 59.0 Å². The zero-order valence-corrected chi connectivity index (χ0v) is 9.92. The van der Waals surface area contributed by atoms with E-state index in [4.69, 9.17) is 5.11 Å². The topological polar surface area (TPSA) is 49.3 Å². The van der Waals surface area contributed by atoms with Crippen LogP contribution in [0.5, 0.6) is 0 Å². The SMILES string of the molecule is CCCC(C)(NC(C)C(C)C)C(=O)O. The lowest BCUT2D eigenvalue weighted by Crippen LogP contribution is -2.54. The normalized spacial score (nSPS) is 17.9. The summed E-state index contributed by atoms with van der Waals surface area (Å²) in [5.74, 6) is -0.308. The molecule has 0 amide bonds. The number of carboxylic acids is 1. The van der Waals surface area contributed by atoms with Gasteiger partial charge >= 0.3 is 5.97 Å². The van der Waals surface area contributed by atoms with Crippen molar-refractivity contribution in [2.24, 2.45) is 5.92 Å². The monoisotopic (exact) mass is 201 g/mol. The highest BCUT2D eigenvalue weighted by molar-refractivity contribution is 5.78. The molecule has 2 atom stereocenters. The molecule has 0 heterocycles. The van der Waals surface area contributed by atoms with E-state index in [0.29, 0.717) is 12.3 Å². The average Bonchev–Trinajstić information content (AvgIpc) is 2.03. The second-order valence-corrected chi connectivity index (χ2v) is 4.56. The summed E-state index contributed by atoms with van der Waals surface area (Å²) in [6, 6.07) is 0.225. The molecule has 0 saturated heterocycles. The van der Waals surface area contributed by atoms with Gasteiger partial charge in [0.05, 0.1) is 0 Å². The predicted octanol–water partition coefficient (Wildman–Crippen LogP) is 2.26. The summed E-state index contributed by atoms with van der Waals surface area (Å²) in [6.07, 6.45) is 1.54. The van der Waals surface area contributed by atoms with Crippen molar-refractivity contribution in [2.75, 3.05) is 0 Å². The Kier molecular flexibility index (Phi) is 5.13. The van der Waals surface area contributed by atoms with Crippen molar-refractivity contribution in [3.05, 3.63) is 0 Å². The molecule has 0 aromatic heterocycles. The summed E-state index contributed by atoms with van der Waals surface area (Å²) >= 11 is 0. The molecule has 0 aliphatic rings. The van der Waals surface area contributed by atoms with Gasteiger partial charge in [-0.3, -0.25) is 10.1 Å². The Morgan fingerprint density at radius 2 is 1.93 bits per heavy atom. The van der Waals surface area contributed by atoms with E-state index in [1.54, 1.807) is 6.92 Å². The Morgan fingerprint density at radius 1 is 1.43 bits per heavy atom. The molecule has 2 unspecified atom stereocenters. The van der Waals surface area contributed by atoms with Gasteiger partial charge in [0.1, 0.15) is 5.54 Å². The first kappa shape index (κ1) is 13.4. The first-order valence-electron chi connectivity index (χ1n) is 5.34. The molecule has 84 valence electrons. The van der Waals surface area contributed by atoms with Crippen LogP contribution in [0.25, 0.3) is 0 Å². The van der Waals surface area contributed by atoms with E-state index in [1.807, 2.05) is 13.8 Å². The Balaban J connectivity index is 4.44. The Hall–Kier alpha value is -0.570. The third-order valence-electron chi connectivity index (χ3n) is 2.77. The summed E-state index contributed by atoms with van der Waals surface area (Å²) in [5.41, 5.74) is -0.779. The lowest BCUT2D eigenvalue weighted by Gasteiger charge is -2.31. The third-order valence-corrected chi connectivity index (χ3v) is 2.77. The Bertz CT molecular complexity index is 192. The molecular weight excluding hydrogens is 178 g/mol. The second kappa shape index (κ2) is 5.35. The number of hydrogen-bond acceptors (Lipinski definition) is 2. The zero-order valence-electron chi connectivity index (χ0n) is 9.92. The minimum atomic E-state index is -0.779. The number of aliphatic carboxylic acids is 1. The van der Waals surface area contributed by atoms with E-state index >= 15 is 0 Å². The minimum Gasteiger partial charge on any atom is -0.480 e. The van der Waals surface area contributed by atoms with E-state index < -0.39 is 11.5 Å². The van der Waals surface area contributed by atoms with Gasteiger partial charge in [-0.1, -0.05) is 27.2 Å². The smallest absolute Gasteiger partial charge is 0.323 e. The van der Waals surface area contributed by atoms with E-state index in [9.17, 15) is 4.79 Å². The fourth-order valence-electron chi connectivity index (χ4n) is 1.41. The van der Waals surface area contributed by atoms with Crippen LogP contribution in [0.2, 0.25) is 0 Å². The highest BCUT2D eigenvalue weighted by atomic mass is 16.4. The maximum atomic E-state index is 11.1. The van der Waals surface area contributed by atoms with Crippen LogP contribution in [0.15, 0.2) is 0 Å². The number of nitrogens with one attached hydrogen (secondary N) is 1. The Labute approximate surface area is 86.9 Å². The first-order chi connectivity index (χ1) is 6.33. The van der Waals surface area contributed by atoms with Crippen molar-refractivity contribution in [3.8, 4) is 0 Å². The van der Waals surface area contributed by atoms with Gasteiger partial charge in [0.25, 0.3) is 0 Å². The number of carbonyl (C=O) groups is 1. The van der Waals surface area contributed by atoms with Crippen molar-refractivity contribution in [1.29, 1.82) is 0 Å². The van der Waals surface area contributed by atoms with Crippen molar-refractivity contribution < 1.29 is 9.90 Å². The highest BCUT2D eigenvalue weighted by Gasteiger charge is 2.33. The number of hydrogen-bond donors (Lipinski definition) is 2. The van der Waals surface area contributed by atoms with Gasteiger partial charge in [0.2, 0.25) is 0 Å². The lowest BCUT2D eigenvalue weighted by atomic mass is 9.93. The van der Waals surface area contributed by atoms with Crippen LogP contribution in [0.4, 0.5) is 0 Å². The summed E-state index contributed by atoms with van der Waals surface area (Å²) in [4.78, 5) is 11.1. The van der Waals surface area contributed by atoms with Gasteiger partial charge in [-0.15, -0.1) is 0 Å². The van der Waals surface area contributed by atoms with Crippen LogP contribution < -0.4 is 5.32 Å². The summed E-state index contributed by atoms with van der Waals surface area (Å²) in [7, 11) is 0. The molecule has 0 aliphatic heterocycles. The van der Waals surface area contributed by atoms with Crippen molar-refractivity contribution in [1.82, 2.24) is 5.32 Å². The molecule has 0 aliphatic carbocycles. The zero-order chi connectivity index (χ0) is 11.4. The number of rotatable bonds is 6. The van der Waals surface area contributed by atoms with Gasteiger partial charge < -0.3 is 5.11 Å². The fraction of sp³-hybridized carbons (Fsp3) is 0.909. The highest BCUT2D eigenvalue weighted by Crippen LogP contribution is 2.15. The summed E-state index contributed by atoms with van der Waals surface area (Å²) < 4.78 is 0. The van der Waals surface area contributed by atoms with Crippen molar-refractivity contribution >= 4 is 5.97 Å². The molecule has 2 N–H and O–H groups in total. The van der Waals surface area contributed by atoms with Crippen LogP contribution in [0.1, 0.15) is 47.5 Å².